The van der Waals surface area contributed by atoms with Crippen LogP contribution in [0.5, 0.6) is 5.75 Å². The maximum atomic E-state index is 12.7. The summed E-state index contributed by atoms with van der Waals surface area (Å²) in [5.74, 6) is 0.847. The van der Waals surface area contributed by atoms with Crippen LogP contribution in [0.25, 0.3) is 0 Å². The van der Waals surface area contributed by atoms with Gasteiger partial charge in [-0.2, -0.15) is 0 Å². The van der Waals surface area contributed by atoms with Crippen LogP contribution in [0.4, 0.5) is 0 Å². The van der Waals surface area contributed by atoms with Crippen LogP contribution < -0.4 is 4.74 Å². The first-order valence-electron chi connectivity index (χ1n) is 8.91. The number of sulfone groups is 1. The molecule has 1 heterocycles. The zero-order valence-electron chi connectivity index (χ0n) is 15.0. The first kappa shape index (κ1) is 19.6. The zero-order valence-corrected chi connectivity index (χ0v) is 18.3. The van der Waals surface area contributed by atoms with E-state index in [1.165, 1.54) is 0 Å². The lowest BCUT2D eigenvalue weighted by molar-refractivity contribution is 0.303. The quantitative estimate of drug-likeness (QED) is 0.424. The van der Waals surface area contributed by atoms with Gasteiger partial charge in [0.25, 0.3) is 0 Å². The van der Waals surface area contributed by atoms with Crippen LogP contribution in [-0.4, -0.2) is 14.2 Å². The number of alkyl halides is 1. The fraction of sp³-hybridized carbons (Fsp3) is 0.182. The summed E-state index contributed by atoms with van der Waals surface area (Å²) < 4.78 is 31.6. The van der Waals surface area contributed by atoms with E-state index in [9.17, 15) is 8.42 Å². The van der Waals surface area contributed by atoms with Gasteiger partial charge in [-0.1, -0.05) is 64.5 Å². The Morgan fingerprint density at radius 1 is 0.964 bits per heavy atom. The molecule has 0 radical (unpaired) electrons. The maximum absolute atomic E-state index is 12.7. The van der Waals surface area contributed by atoms with E-state index in [4.69, 9.17) is 4.74 Å². The van der Waals surface area contributed by atoms with Crippen molar-refractivity contribution in [2.24, 2.45) is 0 Å². The molecule has 144 valence electrons. The molecule has 6 heteroatoms. The van der Waals surface area contributed by atoms with Crippen molar-refractivity contribution in [3.63, 3.8) is 0 Å². The van der Waals surface area contributed by atoms with Crippen molar-refractivity contribution in [2.45, 2.75) is 27.0 Å². The Morgan fingerprint density at radius 3 is 2.32 bits per heavy atom. The van der Waals surface area contributed by atoms with Gasteiger partial charge in [0.2, 0.25) is 0 Å². The molecule has 0 spiro atoms. The topological polar surface area (TPSA) is 43.4 Å². The van der Waals surface area contributed by atoms with E-state index in [-0.39, 0.29) is 11.0 Å². The van der Waals surface area contributed by atoms with Gasteiger partial charge in [-0.15, -0.1) is 11.8 Å². The van der Waals surface area contributed by atoms with E-state index < -0.39 is 9.84 Å². The molecule has 1 aliphatic heterocycles. The van der Waals surface area contributed by atoms with Crippen molar-refractivity contribution in [2.75, 3.05) is 5.75 Å². The van der Waals surface area contributed by atoms with Crippen molar-refractivity contribution in [3.8, 4) is 5.75 Å². The first-order chi connectivity index (χ1) is 13.6. The highest BCUT2D eigenvalue weighted by Crippen LogP contribution is 2.49. The Balaban J connectivity index is 1.69. The molecule has 0 saturated carbocycles. The van der Waals surface area contributed by atoms with E-state index in [1.807, 2.05) is 60.7 Å². The number of hydrogen-bond donors (Lipinski definition) is 0. The van der Waals surface area contributed by atoms with Crippen molar-refractivity contribution < 1.29 is 13.2 Å². The number of thioether (sulfide) groups is 1. The highest BCUT2D eigenvalue weighted by molar-refractivity contribution is 9.08. The molecule has 0 aliphatic carbocycles. The number of ether oxygens (including phenoxy) is 1. The first-order valence-corrected chi connectivity index (χ1v) is 12.6. The summed E-state index contributed by atoms with van der Waals surface area (Å²) >= 11 is 5.15. The van der Waals surface area contributed by atoms with Crippen LogP contribution in [0.15, 0.2) is 82.6 Å². The minimum absolute atomic E-state index is 0.115. The molecule has 1 aliphatic rings. The highest BCUT2D eigenvalue weighted by Gasteiger charge is 2.38. The molecule has 1 atom stereocenters. The lowest BCUT2D eigenvalue weighted by Crippen LogP contribution is -2.02. The predicted molar refractivity (Wildman–Crippen MR) is 117 cm³/mol. The summed E-state index contributed by atoms with van der Waals surface area (Å²) in [5.41, 5.74) is 2.87. The summed E-state index contributed by atoms with van der Waals surface area (Å²) in [4.78, 5) is 1.49. The average Bonchev–Trinajstić information content (AvgIpc) is 2.97. The fourth-order valence-corrected chi connectivity index (χ4v) is 7.50. The van der Waals surface area contributed by atoms with Gasteiger partial charge in [0, 0.05) is 15.8 Å². The molecule has 1 unspecified atom stereocenters. The summed E-state index contributed by atoms with van der Waals surface area (Å²) in [6.45, 7) is 0.447. The molecule has 3 aromatic rings. The minimum Gasteiger partial charge on any atom is -0.489 e. The lowest BCUT2D eigenvalue weighted by Gasteiger charge is -2.17. The molecular formula is C22H19BrO3S2. The summed E-state index contributed by atoms with van der Waals surface area (Å²) in [5, 5.41) is 0.400. The Kier molecular flexibility index (Phi) is 5.80. The standard InChI is InChI=1S/C22H19BrO3S2/c23-13-18-19(26-14-16-7-3-1-4-8-16)11-12-21-22(18)20(15-28(21,24)25)27-17-9-5-2-6-10-17/h1-12,20H,13-15H2. The Morgan fingerprint density at radius 2 is 1.64 bits per heavy atom. The maximum Gasteiger partial charge on any atom is 0.180 e. The Hall–Kier alpha value is -1.76. The third kappa shape index (κ3) is 4.00. The molecule has 28 heavy (non-hydrogen) atoms. The summed E-state index contributed by atoms with van der Waals surface area (Å²) in [7, 11) is -3.29. The van der Waals surface area contributed by atoms with Gasteiger partial charge in [-0.25, -0.2) is 8.42 Å². The highest BCUT2D eigenvalue weighted by atomic mass is 79.9. The second-order valence-electron chi connectivity index (χ2n) is 6.56. The zero-order chi connectivity index (χ0) is 19.6. The predicted octanol–water partition coefficient (Wildman–Crippen LogP) is 5.78. The number of rotatable bonds is 6. The normalized spacial score (nSPS) is 17.2. The molecule has 3 nitrogen and oxygen atoms in total. The average molecular weight is 475 g/mol. The number of benzene rings is 3. The van der Waals surface area contributed by atoms with Crippen molar-refractivity contribution in [1.29, 1.82) is 0 Å². The van der Waals surface area contributed by atoms with E-state index in [1.54, 1.807) is 23.9 Å². The van der Waals surface area contributed by atoms with Gasteiger partial charge in [0.1, 0.15) is 12.4 Å². The summed E-state index contributed by atoms with van der Waals surface area (Å²) in [6.07, 6.45) is 0. The second kappa shape index (κ2) is 8.31. The monoisotopic (exact) mass is 474 g/mol. The van der Waals surface area contributed by atoms with E-state index in [2.05, 4.69) is 15.9 Å². The van der Waals surface area contributed by atoms with Crippen LogP contribution >= 0.6 is 27.7 Å². The van der Waals surface area contributed by atoms with Crippen LogP contribution in [0.3, 0.4) is 0 Å². The Labute approximate surface area is 178 Å². The Bertz CT molecular complexity index is 1070. The van der Waals surface area contributed by atoms with Gasteiger partial charge in [0.05, 0.1) is 15.9 Å². The van der Waals surface area contributed by atoms with Gasteiger partial charge < -0.3 is 4.74 Å². The molecule has 0 N–H and O–H groups in total. The molecule has 0 aromatic heterocycles. The van der Waals surface area contributed by atoms with Crippen LogP contribution in [0, 0.1) is 0 Å². The van der Waals surface area contributed by atoms with Gasteiger partial charge in [-0.3, -0.25) is 0 Å². The second-order valence-corrected chi connectivity index (χ2v) is 10.4. The molecule has 0 fully saturated rings. The lowest BCUT2D eigenvalue weighted by atomic mass is 10.1. The molecular weight excluding hydrogens is 456 g/mol. The third-order valence-corrected chi connectivity index (χ3v) is 8.50. The number of fused-ring (bicyclic) bond motifs is 1. The van der Waals surface area contributed by atoms with Gasteiger partial charge in [-0.05, 0) is 35.4 Å². The third-order valence-electron chi connectivity index (χ3n) is 4.69. The number of hydrogen-bond acceptors (Lipinski definition) is 4. The largest absolute Gasteiger partial charge is 0.489 e. The van der Waals surface area contributed by atoms with Gasteiger partial charge in [0.15, 0.2) is 9.84 Å². The van der Waals surface area contributed by atoms with Crippen LogP contribution in [0.1, 0.15) is 21.9 Å². The van der Waals surface area contributed by atoms with Gasteiger partial charge >= 0.3 is 0 Å². The molecule has 3 aromatic carbocycles. The minimum atomic E-state index is -3.29. The molecule has 0 amide bonds. The molecule has 0 bridgehead atoms. The van der Waals surface area contributed by atoms with Crippen LogP contribution in [-0.2, 0) is 21.8 Å². The SMILES string of the molecule is O=S1(=O)CC(Sc2ccccc2)c2c1ccc(OCc1ccccc1)c2CBr. The smallest absolute Gasteiger partial charge is 0.180 e. The van der Waals surface area contributed by atoms with Crippen molar-refractivity contribution in [3.05, 3.63) is 89.5 Å². The van der Waals surface area contributed by atoms with Crippen molar-refractivity contribution in [1.82, 2.24) is 0 Å². The van der Waals surface area contributed by atoms with E-state index in [0.29, 0.717) is 16.8 Å². The molecule has 4 rings (SSSR count). The van der Waals surface area contributed by atoms with Crippen LogP contribution in [0.2, 0.25) is 0 Å². The summed E-state index contributed by atoms with van der Waals surface area (Å²) in [6, 6.07) is 23.4. The van der Waals surface area contributed by atoms with E-state index >= 15 is 0 Å². The fourth-order valence-electron chi connectivity index (χ4n) is 3.38. The molecule has 0 saturated heterocycles. The van der Waals surface area contributed by atoms with E-state index in [0.717, 1.165) is 27.3 Å². The van der Waals surface area contributed by atoms with Crippen molar-refractivity contribution >= 4 is 37.5 Å². The number of halogens is 1.